The van der Waals surface area contributed by atoms with E-state index in [2.05, 4.69) is 4.98 Å². The fourth-order valence-electron chi connectivity index (χ4n) is 0.896. The number of hydrazine groups is 1. The van der Waals surface area contributed by atoms with Crippen LogP contribution in [0.3, 0.4) is 0 Å². The van der Waals surface area contributed by atoms with Gasteiger partial charge in [-0.3, -0.25) is 15.2 Å². The maximum absolute atomic E-state index is 11.1. The predicted molar refractivity (Wildman–Crippen MR) is 50.2 cm³/mol. The highest BCUT2D eigenvalue weighted by molar-refractivity contribution is 5.92. The first-order valence-corrected chi connectivity index (χ1v) is 3.79. The third-order valence-corrected chi connectivity index (χ3v) is 1.62. The minimum absolute atomic E-state index is 0.314. The number of amides is 1. The third-order valence-electron chi connectivity index (χ3n) is 1.62. The quantitative estimate of drug-likeness (QED) is 0.374. The van der Waals surface area contributed by atoms with E-state index in [1.54, 1.807) is 12.3 Å². The van der Waals surface area contributed by atoms with Crippen molar-refractivity contribution >= 4 is 11.6 Å². The van der Waals surface area contributed by atoms with Gasteiger partial charge in [0.05, 0.1) is 0 Å². The molecule has 70 valence electrons. The molecular weight excluding hydrogens is 168 g/mol. The zero-order chi connectivity index (χ0) is 9.84. The van der Waals surface area contributed by atoms with Crippen LogP contribution in [-0.4, -0.2) is 25.0 Å². The van der Waals surface area contributed by atoms with Gasteiger partial charge in [-0.05, 0) is 12.1 Å². The van der Waals surface area contributed by atoms with E-state index in [1.165, 1.54) is 0 Å². The van der Waals surface area contributed by atoms with Crippen LogP contribution in [-0.2, 0) is 0 Å². The molecule has 0 spiro atoms. The molecule has 5 heteroatoms. The molecule has 0 aliphatic heterocycles. The Balaban J connectivity index is 2.98. The molecule has 1 aromatic rings. The van der Waals surface area contributed by atoms with Gasteiger partial charge in [0.15, 0.2) is 0 Å². The van der Waals surface area contributed by atoms with Crippen LogP contribution in [0.5, 0.6) is 0 Å². The number of anilines is 1. The fraction of sp³-hybridized carbons (Fsp3) is 0.250. The molecule has 0 unspecified atom stereocenters. The summed E-state index contributed by atoms with van der Waals surface area (Å²) >= 11 is 0. The zero-order valence-electron chi connectivity index (χ0n) is 7.61. The molecule has 0 aliphatic rings. The lowest BCUT2D eigenvalue weighted by Gasteiger charge is -2.12. The van der Waals surface area contributed by atoms with Crippen LogP contribution in [0, 0.1) is 0 Å². The van der Waals surface area contributed by atoms with Gasteiger partial charge < -0.3 is 4.90 Å². The Labute approximate surface area is 76.5 Å². The van der Waals surface area contributed by atoms with Crippen LogP contribution in [0.2, 0.25) is 0 Å². The molecule has 1 rings (SSSR count). The van der Waals surface area contributed by atoms with Gasteiger partial charge in [0.1, 0.15) is 5.69 Å². The number of aromatic nitrogens is 1. The summed E-state index contributed by atoms with van der Waals surface area (Å²) in [7, 11) is 3.78. The SMILES string of the molecule is CN(C)c1ccnc(C(=O)NN)c1. The van der Waals surface area contributed by atoms with Crippen molar-refractivity contribution in [2.24, 2.45) is 5.84 Å². The van der Waals surface area contributed by atoms with E-state index in [9.17, 15) is 4.79 Å². The predicted octanol–water partition coefficient (Wildman–Crippen LogP) is -0.249. The maximum Gasteiger partial charge on any atom is 0.283 e. The van der Waals surface area contributed by atoms with Gasteiger partial charge >= 0.3 is 0 Å². The van der Waals surface area contributed by atoms with Crippen molar-refractivity contribution in [1.82, 2.24) is 10.4 Å². The van der Waals surface area contributed by atoms with Gasteiger partial charge in [-0.2, -0.15) is 0 Å². The first-order chi connectivity index (χ1) is 6.15. The number of rotatable bonds is 2. The van der Waals surface area contributed by atoms with E-state index in [4.69, 9.17) is 5.84 Å². The van der Waals surface area contributed by atoms with Crippen LogP contribution in [0.15, 0.2) is 18.3 Å². The van der Waals surface area contributed by atoms with E-state index < -0.39 is 0 Å². The van der Waals surface area contributed by atoms with Crippen LogP contribution in [0.1, 0.15) is 10.5 Å². The number of nitrogens with two attached hydrogens (primary N) is 1. The van der Waals surface area contributed by atoms with Gasteiger partial charge in [-0.15, -0.1) is 0 Å². The molecule has 0 bridgehead atoms. The number of carbonyl (C=O) groups is 1. The highest BCUT2D eigenvalue weighted by Crippen LogP contribution is 2.10. The molecule has 0 atom stereocenters. The Morgan fingerprint density at radius 3 is 2.85 bits per heavy atom. The van der Waals surface area contributed by atoms with Crippen molar-refractivity contribution in [2.45, 2.75) is 0 Å². The lowest BCUT2D eigenvalue weighted by molar-refractivity contribution is 0.0948. The van der Waals surface area contributed by atoms with Crippen molar-refractivity contribution < 1.29 is 4.79 Å². The first kappa shape index (κ1) is 9.47. The zero-order valence-corrected chi connectivity index (χ0v) is 7.61. The largest absolute Gasteiger partial charge is 0.378 e. The summed E-state index contributed by atoms with van der Waals surface area (Å²) in [6.07, 6.45) is 1.57. The Bertz CT molecular complexity index is 311. The average molecular weight is 180 g/mol. The number of hydrogen-bond donors (Lipinski definition) is 2. The highest BCUT2D eigenvalue weighted by atomic mass is 16.2. The smallest absolute Gasteiger partial charge is 0.283 e. The molecule has 13 heavy (non-hydrogen) atoms. The number of pyridine rings is 1. The Morgan fingerprint density at radius 2 is 2.31 bits per heavy atom. The topological polar surface area (TPSA) is 71.2 Å². The van der Waals surface area contributed by atoms with Crippen LogP contribution >= 0.6 is 0 Å². The van der Waals surface area contributed by atoms with Gasteiger partial charge in [0, 0.05) is 26.0 Å². The molecule has 5 nitrogen and oxygen atoms in total. The molecular formula is C8H12N4O. The minimum atomic E-state index is -0.385. The lowest BCUT2D eigenvalue weighted by atomic mass is 10.3. The Kier molecular flexibility index (Phi) is 2.81. The molecule has 0 aromatic carbocycles. The highest BCUT2D eigenvalue weighted by Gasteiger charge is 2.05. The second-order valence-electron chi connectivity index (χ2n) is 2.77. The number of hydrogen-bond acceptors (Lipinski definition) is 4. The number of nitrogens with one attached hydrogen (secondary N) is 1. The number of carbonyl (C=O) groups excluding carboxylic acids is 1. The van der Waals surface area contributed by atoms with Gasteiger partial charge in [0.25, 0.3) is 5.91 Å². The molecule has 0 aliphatic carbocycles. The number of nitrogens with zero attached hydrogens (tertiary/aromatic N) is 2. The number of nitrogen functional groups attached to an aromatic ring is 1. The van der Waals surface area contributed by atoms with Crippen LogP contribution in [0.25, 0.3) is 0 Å². The van der Waals surface area contributed by atoms with Gasteiger partial charge in [0.2, 0.25) is 0 Å². The molecule has 0 saturated heterocycles. The fourth-order valence-corrected chi connectivity index (χ4v) is 0.896. The Morgan fingerprint density at radius 1 is 1.62 bits per heavy atom. The van der Waals surface area contributed by atoms with Crippen molar-refractivity contribution in [2.75, 3.05) is 19.0 Å². The molecule has 1 aromatic heterocycles. The normalized spacial score (nSPS) is 9.46. The summed E-state index contributed by atoms with van der Waals surface area (Å²) in [6, 6.07) is 3.48. The molecule has 0 saturated carbocycles. The van der Waals surface area contributed by atoms with E-state index >= 15 is 0 Å². The first-order valence-electron chi connectivity index (χ1n) is 3.79. The minimum Gasteiger partial charge on any atom is -0.378 e. The van der Waals surface area contributed by atoms with Crippen molar-refractivity contribution in [3.05, 3.63) is 24.0 Å². The summed E-state index contributed by atoms with van der Waals surface area (Å²) in [5.74, 6) is 4.59. The second-order valence-corrected chi connectivity index (χ2v) is 2.77. The molecule has 1 heterocycles. The molecule has 3 N–H and O–H groups in total. The summed E-state index contributed by atoms with van der Waals surface area (Å²) in [6.45, 7) is 0. The van der Waals surface area contributed by atoms with E-state index in [1.807, 2.05) is 30.5 Å². The second kappa shape index (κ2) is 3.86. The van der Waals surface area contributed by atoms with Crippen LogP contribution in [0.4, 0.5) is 5.69 Å². The summed E-state index contributed by atoms with van der Waals surface area (Å²) in [5.41, 5.74) is 3.25. The average Bonchev–Trinajstić information content (AvgIpc) is 2.17. The van der Waals surface area contributed by atoms with Crippen LogP contribution < -0.4 is 16.2 Å². The van der Waals surface area contributed by atoms with Crippen molar-refractivity contribution in [3.63, 3.8) is 0 Å². The van der Waals surface area contributed by atoms with Gasteiger partial charge in [-0.25, -0.2) is 5.84 Å². The molecule has 0 fully saturated rings. The summed E-state index contributed by atoms with van der Waals surface area (Å²) in [5, 5.41) is 0. The maximum atomic E-state index is 11.1. The Hall–Kier alpha value is -1.62. The summed E-state index contributed by atoms with van der Waals surface area (Å²) < 4.78 is 0. The van der Waals surface area contributed by atoms with Crippen molar-refractivity contribution in [1.29, 1.82) is 0 Å². The van der Waals surface area contributed by atoms with E-state index in [0.717, 1.165) is 5.69 Å². The standard InChI is InChI=1S/C8H12N4O/c1-12(2)6-3-4-10-7(5-6)8(13)11-9/h3-5H,9H2,1-2H3,(H,11,13). The monoisotopic (exact) mass is 180 g/mol. The lowest BCUT2D eigenvalue weighted by Crippen LogP contribution is -2.30. The summed E-state index contributed by atoms with van der Waals surface area (Å²) in [4.78, 5) is 16.8. The van der Waals surface area contributed by atoms with Crippen molar-refractivity contribution in [3.8, 4) is 0 Å². The van der Waals surface area contributed by atoms with Gasteiger partial charge in [-0.1, -0.05) is 0 Å². The molecule has 0 radical (unpaired) electrons. The van der Waals surface area contributed by atoms with E-state index in [-0.39, 0.29) is 5.91 Å². The third kappa shape index (κ3) is 2.16. The molecule has 1 amide bonds. The van der Waals surface area contributed by atoms with E-state index in [0.29, 0.717) is 5.69 Å².